The van der Waals surface area contributed by atoms with Crippen LogP contribution in [0.2, 0.25) is 0 Å². The molecule has 0 aromatic heterocycles. The van der Waals surface area contributed by atoms with Gasteiger partial charge in [-0.05, 0) is 51.4 Å². The third kappa shape index (κ3) is 4.75. The lowest BCUT2D eigenvalue weighted by atomic mass is 9.95. The zero-order valence-corrected chi connectivity index (χ0v) is 10.9. The largest absolute Gasteiger partial charge is 0.393 e. The highest BCUT2D eigenvalue weighted by Crippen LogP contribution is 2.28. The molecule has 0 spiro atoms. The number of rotatable bonds is 4. The highest BCUT2D eigenvalue weighted by atomic mass is 32.2. The first-order valence-corrected chi connectivity index (χ1v) is 7.25. The summed E-state index contributed by atoms with van der Waals surface area (Å²) in [5, 5.41) is 18.7. The van der Waals surface area contributed by atoms with Crippen LogP contribution < -0.4 is 0 Å². The normalized spacial score (nSPS) is 39.2. The predicted octanol–water partition coefficient (Wildman–Crippen LogP) is 2.19. The van der Waals surface area contributed by atoms with Gasteiger partial charge in [0.1, 0.15) is 0 Å². The molecule has 0 saturated heterocycles. The van der Waals surface area contributed by atoms with Gasteiger partial charge in [0.25, 0.3) is 0 Å². The molecule has 0 amide bonds. The quantitative estimate of drug-likeness (QED) is 0.761. The van der Waals surface area contributed by atoms with Crippen molar-refractivity contribution in [2.24, 2.45) is 0 Å². The Morgan fingerprint density at radius 2 is 1.00 bits per heavy atom. The first-order valence-electron chi connectivity index (χ1n) is 6.59. The SMILES string of the molecule is OC1CCC(OSOC2CCC(O)CC2)CC1. The number of hydrogen-bond donors (Lipinski definition) is 2. The Morgan fingerprint density at radius 1 is 0.647 bits per heavy atom. The molecule has 2 fully saturated rings. The van der Waals surface area contributed by atoms with Gasteiger partial charge in [0, 0.05) is 0 Å². The Hall–Kier alpha value is 0.190. The van der Waals surface area contributed by atoms with Crippen molar-refractivity contribution in [1.29, 1.82) is 0 Å². The molecule has 2 aliphatic carbocycles. The van der Waals surface area contributed by atoms with E-state index >= 15 is 0 Å². The Bertz CT molecular complexity index is 189. The van der Waals surface area contributed by atoms with Gasteiger partial charge in [-0.25, -0.2) is 0 Å². The summed E-state index contributed by atoms with van der Waals surface area (Å²) in [5.41, 5.74) is 0. The number of aliphatic hydroxyl groups excluding tert-OH is 2. The summed E-state index contributed by atoms with van der Waals surface area (Å²) in [6.07, 6.45) is 7.17. The van der Waals surface area contributed by atoms with Crippen molar-refractivity contribution in [3.63, 3.8) is 0 Å². The van der Waals surface area contributed by atoms with Gasteiger partial charge in [-0.2, -0.15) is 0 Å². The van der Waals surface area contributed by atoms with E-state index in [4.69, 9.17) is 8.37 Å². The maximum atomic E-state index is 9.36. The minimum atomic E-state index is -0.138. The minimum absolute atomic E-state index is 0.138. The molecule has 17 heavy (non-hydrogen) atoms. The molecule has 2 rings (SSSR count). The summed E-state index contributed by atoms with van der Waals surface area (Å²) in [6, 6.07) is 0. The molecule has 2 N–H and O–H groups in total. The third-order valence-electron chi connectivity index (χ3n) is 3.64. The van der Waals surface area contributed by atoms with Crippen LogP contribution >= 0.6 is 12.3 Å². The van der Waals surface area contributed by atoms with Crippen molar-refractivity contribution in [1.82, 2.24) is 0 Å². The van der Waals surface area contributed by atoms with Crippen molar-refractivity contribution in [3.05, 3.63) is 0 Å². The highest BCUT2D eigenvalue weighted by Gasteiger charge is 2.23. The van der Waals surface area contributed by atoms with Gasteiger partial charge in [0.15, 0.2) is 12.3 Å². The van der Waals surface area contributed by atoms with E-state index in [0.717, 1.165) is 63.7 Å². The van der Waals surface area contributed by atoms with Gasteiger partial charge in [0.2, 0.25) is 0 Å². The van der Waals surface area contributed by atoms with E-state index in [1.54, 1.807) is 0 Å². The van der Waals surface area contributed by atoms with E-state index in [0.29, 0.717) is 0 Å². The minimum Gasteiger partial charge on any atom is -0.393 e. The fraction of sp³-hybridized carbons (Fsp3) is 1.00. The summed E-state index contributed by atoms with van der Waals surface area (Å²) < 4.78 is 11.2. The average Bonchev–Trinajstić information content (AvgIpc) is 2.34. The molecule has 2 saturated carbocycles. The van der Waals surface area contributed by atoms with Crippen LogP contribution in [0, 0.1) is 0 Å². The molecule has 0 heterocycles. The molecule has 4 nitrogen and oxygen atoms in total. The summed E-state index contributed by atoms with van der Waals surface area (Å²) in [6.45, 7) is 0. The van der Waals surface area contributed by atoms with Crippen molar-refractivity contribution < 1.29 is 18.6 Å². The second-order valence-corrected chi connectivity index (χ2v) is 5.64. The van der Waals surface area contributed by atoms with Crippen LogP contribution in [0.4, 0.5) is 0 Å². The second-order valence-electron chi connectivity index (χ2n) is 5.12. The van der Waals surface area contributed by atoms with Gasteiger partial charge in [0.05, 0.1) is 24.4 Å². The second kappa shape index (κ2) is 6.95. The van der Waals surface area contributed by atoms with Crippen molar-refractivity contribution in [2.75, 3.05) is 0 Å². The molecule has 0 unspecified atom stereocenters. The fourth-order valence-corrected chi connectivity index (χ4v) is 3.07. The van der Waals surface area contributed by atoms with Crippen molar-refractivity contribution in [2.45, 2.75) is 75.8 Å². The predicted molar refractivity (Wildman–Crippen MR) is 66.3 cm³/mol. The van der Waals surface area contributed by atoms with Gasteiger partial charge in [-0.3, -0.25) is 8.37 Å². The molecular weight excluding hydrogens is 240 g/mol. The molecule has 100 valence electrons. The fourth-order valence-electron chi connectivity index (χ4n) is 2.42. The lowest BCUT2D eigenvalue weighted by Crippen LogP contribution is -2.24. The molecule has 5 heteroatoms. The Morgan fingerprint density at radius 3 is 1.35 bits per heavy atom. The molecule has 2 aliphatic rings. The van der Waals surface area contributed by atoms with Crippen LogP contribution in [0.1, 0.15) is 51.4 Å². The topological polar surface area (TPSA) is 58.9 Å². The lowest BCUT2D eigenvalue weighted by molar-refractivity contribution is 0.0533. The summed E-state index contributed by atoms with van der Waals surface area (Å²) in [7, 11) is 0. The molecule has 0 aromatic rings. The Kier molecular flexibility index (Phi) is 5.56. The molecule has 0 aliphatic heterocycles. The maximum Gasteiger partial charge on any atom is 0.159 e. The van der Waals surface area contributed by atoms with Crippen molar-refractivity contribution in [3.8, 4) is 0 Å². The van der Waals surface area contributed by atoms with E-state index < -0.39 is 0 Å². The first kappa shape index (κ1) is 13.6. The Balaban J connectivity index is 1.54. The van der Waals surface area contributed by atoms with Crippen LogP contribution in [0.25, 0.3) is 0 Å². The summed E-state index contributed by atoms with van der Waals surface area (Å²) in [4.78, 5) is 0. The van der Waals surface area contributed by atoms with Crippen LogP contribution in [0.5, 0.6) is 0 Å². The van der Waals surface area contributed by atoms with E-state index in [1.807, 2.05) is 0 Å². The van der Waals surface area contributed by atoms with E-state index in [1.165, 1.54) is 0 Å². The zero-order valence-electron chi connectivity index (χ0n) is 10.1. The monoisotopic (exact) mass is 262 g/mol. The van der Waals surface area contributed by atoms with E-state index in [-0.39, 0.29) is 24.4 Å². The maximum absolute atomic E-state index is 9.36. The Labute approximate surface area is 107 Å². The van der Waals surface area contributed by atoms with Gasteiger partial charge >= 0.3 is 0 Å². The van der Waals surface area contributed by atoms with Crippen molar-refractivity contribution >= 4 is 12.3 Å². The van der Waals surface area contributed by atoms with Crippen LogP contribution in [-0.4, -0.2) is 34.6 Å². The summed E-state index contributed by atoms with van der Waals surface area (Å²) in [5.74, 6) is 0. The molecule has 0 aromatic carbocycles. The van der Waals surface area contributed by atoms with Gasteiger partial charge < -0.3 is 10.2 Å². The van der Waals surface area contributed by atoms with Gasteiger partial charge in [-0.1, -0.05) is 0 Å². The standard InChI is InChI=1S/C12H22O4S/c13-9-1-5-11(6-2-9)15-17-16-12-7-3-10(14)4-8-12/h9-14H,1-8H2. The number of aliphatic hydroxyl groups is 2. The number of hydrogen-bond acceptors (Lipinski definition) is 5. The highest BCUT2D eigenvalue weighted by molar-refractivity contribution is 7.89. The zero-order chi connectivity index (χ0) is 12.1. The average molecular weight is 262 g/mol. The molecular formula is C12H22O4S. The first-order chi connectivity index (χ1) is 8.24. The third-order valence-corrected chi connectivity index (χ3v) is 4.34. The molecule has 0 bridgehead atoms. The van der Waals surface area contributed by atoms with Gasteiger partial charge in [-0.15, -0.1) is 0 Å². The van der Waals surface area contributed by atoms with E-state index in [9.17, 15) is 10.2 Å². The van der Waals surface area contributed by atoms with Crippen LogP contribution in [0.15, 0.2) is 0 Å². The smallest absolute Gasteiger partial charge is 0.159 e. The summed E-state index contributed by atoms with van der Waals surface area (Å²) >= 11 is 1.11. The van der Waals surface area contributed by atoms with Crippen LogP contribution in [-0.2, 0) is 8.37 Å². The van der Waals surface area contributed by atoms with Crippen LogP contribution in [0.3, 0.4) is 0 Å². The lowest BCUT2D eigenvalue weighted by Gasteiger charge is -2.27. The van der Waals surface area contributed by atoms with E-state index in [2.05, 4.69) is 0 Å². The molecule has 0 atom stereocenters. The molecule has 0 radical (unpaired) electrons.